The molecule has 17 heavy (non-hydrogen) atoms. The second-order valence-electron chi connectivity index (χ2n) is 4.00. The maximum Gasteiger partial charge on any atom is 0.129 e. The highest BCUT2D eigenvalue weighted by Gasteiger charge is 2.17. The smallest absolute Gasteiger partial charge is 0.129 e. The van der Waals surface area contributed by atoms with Gasteiger partial charge in [0.05, 0.1) is 4.88 Å². The van der Waals surface area contributed by atoms with E-state index in [4.69, 9.17) is 0 Å². The number of hydrogen-bond acceptors (Lipinski definition) is 2. The average Bonchev–Trinajstić information content (AvgIpc) is 2.70. The highest BCUT2D eigenvalue weighted by molar-refractivity contribution is 9.10. The highest BCUT2D eigenvalue weighted by atomic mass is 79.9. The summed E-state index contributed by atoms with van der Waals surface area (Å²) >= 11 is 4.87. The lowest BCUT2D eigenvalue weighted by atomic mass is 10.0. The topological polar surface area (TPSA) is 20.2 Å². The fourth-order valence-electron chi connectivity index (χ4n) is 1.79. The third kappa shape index (κ3) is 2.44. The molecule has 1 aromatic heterocycles. The Hall–Kier alpha value is -0.710. The lowest BCUT2D eigenvalue weighted by molar-refractivity contribution is 0.223. The zero-order valence-corrected chi connectivity index (χ0v) is 11.9. The van der Waals surface area contributed by atoms with Crippen molar-refractivity contribution < 1.29 is 9.50 Å². The van der Waals surface area contributed by atoms with Crippen molar-refractivity contribution in [2.24, 2.45) is 0 Å². The number of hydrogen-bond donors (Lipinski definition) is 1. The van der Waals surface area contributed by atoms with Gasteiger partial charge in [-0.1, -0.05) is 12.1 Å². The third-order valence-corrected chi connectivity index (χ3v) is 4.59. The monoisotopic (exact) mass is 314 g/mol. The molecule has 0 bridgehead atoms. The van der Waals surface area contributed by atoms with E-state index in [0.29, 0.717) is 11.1 Å². The number of thiophene rings is 1. The fraction of sp³-hybridized carbons (Fsp3) is 0.231. The van der Waals surface area contributed by atoms with E-state index in [-0.39, 0.29) is 5.82 Å². The van der Waals surface area contributed by atoms with Crippen LogP contribution in [0.2, 0.25) is 0 Å². The molecule has 0 saturated heterocycles. The Kier molecular flexibility index (Phi) is 3.66. The van der Waals surface area contributed by atoms with Gasteiger partial charge in [-0.2, -0.15) is 0 Å². The fourth-order valence-corrected chi connectivity index (χ4v) is 3.39. The van der Waals surface area contributed by atoms with E-state index in [1.807, 2.05) is 11.4 Å². The van der Waals surface area contributed by atoms with Gasteiger partial charge < -0.3 is 5.11 Å². The molecule has 2 rings (SSSR count). The van der Waals surface area contributed by atoms with Gasteiger partial charge in [-0.05, 0) is 57.9 Å². The Bertz CT molecular complexity index is 527. The highest BCUT2D eigenvalue weighted by Crippen LogP contribution is 2.34. The van der Waals surface area contributed by atoms with Crippen LogP contribution in [0.4, 0.5) is 4.39 Å². The predicted molar refractivity (Wildman–Crippen MR) is 72.0 cm³/mol. The molecule has 1 aromatic carbocycles. The second kappa shape index (κ2) is 4.88. The van der Waals surface area contributed by atoms with Gasteiger partial charge in [0.25, 0.3) is 0 Å². The van der Waals surface area contributed by atoms with Crippen LogP contribution in [0.1, 0.15) is 27.7 Å². The van der Waals surface area contributed by atoms with Crippen molar-refractivity contribution in [2.45, 2.75) is 20.0 Å². The van der Waals surface area contributed by atoms with Gasteiger partial charge in [0.2, 0.25) is 0 Å². The molecule has 1 N–H and O–H groups in total. The van der Waals surface area contributed by atoms with Gasteiger partial charge in [0.1, 0.15) is 11.9 Å². The molecule has 0 aliphatic rings. The number of aliphatic hydroxyl groups is 1. The molecule has 1 heterocycles. The summed E-state index contributed by atoms with van der Waals surface area (Å²) in [5.74, 6) is -0.203. The first kappa shape index (κ1) is 12.7. The molecule has 0 radical (unpaired) electrons. The molecule has 2 aromatic rings. The zero-order chi connectivity index (χ0) is 12.6. The van der Waals surface area contributed by atoms with E-state index in [0.717, 1.165) is 14.9 Å². The minimum absolute atomic E-state index is 0.203. The van der Waals surface area contributed by atoms with Crippen molar-refractivity contribution >= 4 is 27.3 Å². The van der Waals surface area contributed by atoms with Gasteiger partial charge in [-0.3, -0.25) is 0 Å². The molecular weight excluding hydrogens is 303 g/mol. The Morgan fingerprint density at radius 2 is 1.88 bits per heavy atom. The summed E-state index contributed by atoms with van der Waals surface area (Å²) < 4.78 is 14.4. The van der Waals surface area contributed by atoms with Gasteiger partial charge in [-0.15, -0.1) is 11.3 Å². The Balaban J connectivity index is 2.45. The van der Waals surface area contributed by atoms with Gasteiger partial charge in [0, 0.05) is 4.47 Å². The SMILES string of the molecule is Cc1cc(C(O)c2sccc2Br)cc(C)c1F. The summed E-state index contributed by atoms with van der Waals surface area (Å²) in [6.45, 7) is 3.42. The number of halogens is 2. The van der Waals surface area contributed by atoms with Crippen molar-refractivity contribution in [3.63, 3.8) is 0 Å². The van der Waals surface area contributed by atoms with Crippen LogP contribution in [0.15, 0.2) is 28.1 Å². The summed E-state index contributed by atoms with van der Waals surface area (Å²) in [5.41, 5.74) is 1.85. The standard InChI is InChI=1S/C13H12BrFOS/c1-7-5-9(6-8(2)11(7)15)12(16)13-10(14)3-4-17-13/h3-6,12,16H,1-2H3. The summed E-state index contributed by atoms with van der Waals surface area (Å²) in [5, 5.41) is 12.2. The minimum Gasteiger partial charge on any atom is -0.383 e. The normalized spacial score (nSPS) is 12.8. The molecule has 90 valence electrons. The van der Waals surface area contributed by atoms with E-state index in [9.17, 15) is 9.50 Å². The maximum atomic E-state index is 13.5. The summed E-state index contributed by atoms with van der Waals surface area (Å²) in [6, 6.07) is 5.28. The first-order chi connectivity index (χ1) is 8.00. The maximum absolute atomic E-state index is 13.5. The Morgan fingerprint density at radius 3 is 2.35 bits per heavy atom. The van der Waals surface area contributed by atoms with Crippen LogP contribution in [0.25, 0.3) is 0 Å². The van der Waals surface area contributed by atoms with Crippen molar-refractivity contribution in [3.8, 4) is 0 Å². The van der Waals surface area contributed by atoms with Crippen molar-refractivity contribution in [1.82, 2.24) is 0 Å². The van der Waals surface area contributed by atoms with E-state index in [1.165, 1.54) is 11.3 Å². The Morgan fingerprint density at radius 1 is 1.29 bits per heavy atom. The van der Waals surface area contributed by atoms with Crippen LogP contribution in [0.3, 0.4) is 0 Å². The molecule has 0 fully saturated rings. The lowest BCUT2D eigenvalue weighted by Crippen LogP contribution is -2.01. The quantitative estimate of drug-likeness (QED) is 0.873. The van der Waals surface area contributed by atoms with Crippen LogP contribution in [0, 0.1) is 19.7 Å². The molecule has 0 saturated carbocycles. The Labute approximate surface area is 112 Å². The molecule has 0 spiro atoms. The first-order valence-electron chi connectivity index (χ1n) is 5.18. The van der Waals surface area contributed by atoms with Crippen LogP contribution in [-0.4, -0.2) is 5.11 Å². The predicted octanol–water partition coefficient (Wildman–Crippen LogP) is 4.35. The number of benzene rings is 1. The molecule has 0 aliphatic heterocycles. The molecule has 1 nitrogen and oxygen atoms in total. The molecular formula is C13H12BrFOS. The lowest BCUT2D eigenvalue weighted by Gasteiger charge is -2.12. The zero-order valence-electron chi connectivity index (χ0n) is 9.50. The van der Waals surface area contributed by atoms with Crippen molar-refractivity contribution in [3.05, 3.63) is 55.4 Å². The average molecular weight is 315 g/mol. The van der Waals surface area contributed by atoms with E-state index >= 15 is 0 Å². The molecule has 0 aliphatic carbocycles. The van der Waals surface area contributed by atoms with Gasteiger partial charge >= 0.3 is 0 Å². The molecule has 0 amide bonds. The van der Waals surface area contributed by atoms with Gasteiger partial charge in [0.15, 0.2) is 0 Å². The second-order valence-corrected chi connectivity index (χ2v) is 5.81. The van der Waals surface area contributed by atoms with Crippen molar-refractivity contribution in [1.29, 1.82) is 0 Å². The van der Waals surface area contributed by atoms with E-state index in [1.54, 1.807) is 26.0 Å². The van der Waals surface area contributed by atoms with Crippen LogP contribution in [-0.2, 0) is 0 Å². The third-order valence-electron chi connectivity index (χ3n) is 2.67. The summed E-state index contributed by atoms with van der Waals surface area (Å²) in [6.07, 6.45) is -0.706. The van der Waals surface area contributed by atoms with Crippen molar-refractivity contribution in [2.75, 3.05) is 0 Å². The molecule has 4 heteroatoms. The first-order valence-corrected chi connectivity index (χ1v) is 6.85. The van der Waals surface area contributed by atoms with E-state index in [2.05, 4.69) is 15.9 Å². The van der Waals surface area contributed by atoms with Crippen LogP contribution in [0.5, 0.6) is 0 Å². The van der Waals surface area contributed by atoms with E-state index < -0.39 is 6.10 Å². The minimum atomic E-state index is -0.706. The summed E-state index contributed by atoms with van der Waals surface area (Å²) in [7, 11) is 0. The number of aryl methyl sites for hydroxylation is 2. The van der Waals surface area contributed by atoms with Crippen LogP contribution >= 0.6 is 27.3 Å². The molecule has 1 atom stereocenters. The summed E-state index contributed by atoms with van der Waals surface area (Å²) in [4.78, 5) is 0.843. The molecule has 1 unspecified atom stereocenters. The number of aliphatic hydroxyl groups excluding tert-OH is 1. The number of rotatable bonds is 2. The van der Waals surface area contributed by atoms with Crippen LogP contribution < -0.4 is 0 Å². The van der Waals surface area contributed by atoms with Gasteiger partial charge in [-0.25, -0.2) is 4.39 Å². The largest absolute Gasteiger partial charge is 0.383 e.